The van der Waals surface area contributed by atoms with Crippen molar-refractivity contribution in [3.05, 3.63) is 35.6 Å². The Morgan fingerprint density at radius 2 is 2.42 bits per heavy atom. The molecule has 1 aliphatic carbocycles. The smallest absolute Gasteiger partial charge is 0.335 e. The highest BCUT2D eigenvalue weighted by Gasteiger charge is 2.15. The van der Waals surface area contributed by atoms with Crippen LogP contribution in [0, 0.1) is 0 Å². The van der Waals surface area contributed by atoms with E-state index in [1.54, 1.807) is 18.4 Å². The second-order valence-corrected chi connectivity index (χ2v) is 2.66. The molecule has 0 atom stereocenters. The van der Waals surface area contributed by atoms with E-state index in [0.717, 1.165) is 11.3 Å². The zero-order chi connectivity index (χ0) is 8.55. The predicted octanol–water partition coefficient (Wildman–Crippen LogP) is 1.30. The maximum absolute atomic E-state index is 10.6. The van der Waals surface area contributed by atoms with Crippen molar-refractivity contribution in [3.8, 4) is 0 Å². The molecule has 1 aliphatic heterocycles. The highest BCUT2D eigenvalue weighted by atomic mass is 16.4. The van der Waals surface area contributed by atoms with Crippen LogP contribution < -0.4 is 0 Å². The van der Waals surface area contributed by atoms with Gasteiger partial charge in [-0.15, -0.1) is 0 Å². The number of nitrogens with zero attached hydrogens (tertiary/aromatic N) is 1. The third-order valence-corrected chi connectivity index (χ3v) is 1.89. The van der Waals surface area contributed by atoms with E-state index in [2.05, 4.69) is 4.99 Å². The van der Waals surface area contributed by atoms with Gasteiger partial charge in [-0.3, -0.25) is 4.99 Å². The average molecular weight is 161 g/mol. The fourth-order valence-corrected chi connectivity index (χ4v) is 1.26. The van der Waals surface area contributed by atoms with E-state index < -0.39 is 5.97 Å². The zero-order valence-corrected chi connectivity index (χ0v) is 6.32. The number of carboxylic acids is 1. The molecule has 12 heavy (non-hydrogen) atoms. The lowest BCUT2D eigenvalue weighted by molar-refractivity contribution is -0.132. The molecule has 2 rings (SSSR count). The van der Waals surface area contributed by atoms with Gasteiger partial charge >= 0.3 is 5.97 Å². The van der Waals surface area contributed by atoms with Crippen molar-refractivity contribution in [3.63, 3.8) is 0 Å². The molecule has 0 bridgehead atoms. The third-order valence-electron chi connectivity index (χ3n) is 1.89. The van der Waals surface area contributed by atoms with E-state index >= 15 is 0 Å². The van der Waals surface area contributed by atoms with E-state index in [1.807, 2.05) is 6.08 Å². The summed E-state index contributed by atoms with van der Waals surface area (Å²) in [6.45, 7) is 0. The van der Waals surface area contributed by atoms with Gasteiger partial charge in [0.25, 0.3) is 0 Å². The molecule has 1 heterocycles. The summed E-state index contributed by atoms with van der Waals surface area (Å²) in [5.41, 5.74) is 2.24. The highest BCUT2D eigenvalue weighted by molar-refractivity contribution is 6.09. The summed E-state index contributed by atoms with van der Waals surface area (Å²) < 4.78 is 0. The molecule has 0 aromatic rings. The molecule has 0 radical (unpaired) electrons. The van der Waals surface area contributed by atoms with Crippen molar-refractivity contribution in [1.82, 2.24) is 0 Å². The maximum Gasteiger partial charge on any atom is 0.335 e. The topological polar surface area (TPSA) is 49.7 Å². The Morgan fingerprint density at radius 1 is 1.58 bits per heavy atom. The first-order chi connectivity index (χ1) is 5.77. The number of fused-ring (bicyclic) bond motifs is 1. The van der Waals surface area contributed by atoms with Crippen molar-refractivity contribution in [2.24, 2.45) is 4.99 Å². The molecule has 0 aromatic heterocycles. The quantitative estimate of drug-likeness (QED) is 0.630. The Labute approximate surface area is 69.4 Å². The number of rotatable bonds is 1. The minimum absolute atomic E-state index is 0.357. The van der Waals surface area contributed by atoms with Gasteiger partial charge in [0.2, 0.25) is 0 Å². The van der Waals surface area contributed by atoms with Crippen LogP contribution >= 0.6 is 0 Å². The number of hydrogen-bond donors (Lipinski definition) is 1. The van der Waals surface area contributed by atoms with Crippen LogP contribution in [0.3, 0.4) is 0 Å². The summed E-state index contributed by atoms with van der Waals surface area (Å²) in [7, 11) is 0. The largest absolute Gasteiger partial charge is 0.478 e. The van der Waals surface area contributed by atoms with Crippen LogP contribution in [0.15, 0.2) is 40.6 Å². The molecule has 0 spiro atoms. The first-order valence-corrected chi connectivity index (χ1v) is 3.66. The van der Waals surface area contributed by atoms with Crippen molar-refractivity contribution in [2.75, 3.05) is 0 Å². The monoisotopic (exact) mass is 161 g/mol. The molecule has 1 N–H and O–H groups in total. The molecule has 0 unspecified atom stereocenters. The van der Waals surface area contributed by atoms with Gasteiger partial charge in [0.05, 0.1) is 11.3 Å². The van der Waals surface area contributed by atoms with Crippen molar-refractivity contribution < 1.29 is 9.90 Å². The van der Waals surface area contributed by atoms with Gasteiger partial charge < -0.3 is 5.11 Å². The molecule has 0 aromatic carbocycles. The van der Waals surface area contributed by atoms with Crippen LogP contribution in [0.5, 0.6) is 0 Å². The van der Waals surface area contributed by atoms with Gasteiger partial charge in [0.15, 0.2) is 0 Å². The lowest BCUT2D eigenvalue weighted by atomic mass is 9.99. The van der Waals surface area contributed by atoms with Crippen LogP contribution in [0.4, 0.5) is 0 Å². The number of aliphatic carboxylic acids is 1. The summed E-state index contributed by atoms with van der Waals surface area (Å²) in [4.78, 5) is 14.6. The number of hydrogen-bond acceptors (Lipinski definition) is 2. The van der Waals surface area contributed by atoms with Crippen LogP contribution in [-0.4, -0.2) is 16.8 Å². The predicted molar refractivity (Wildman–Crippen MR) is 45.0 cm³/mol. The van der Waals surface area contributed by atoms with Crippen molar-refractivity contribution >= 4 is 11.7 Å². The van der Waals surface area contributed by atoms with Gasteiger partial charge in [-0.25, -0.2) is 4.79 Å². The Kier molecular flexibility index (Phi) is 1.43. The number of allylic oxidation sites excluding steroid dienone is 3. The van der Waals surface area contributed by atoms with Gasteiger partial charge in [-0.2, -0.15) is 0 Å². The van der Waals surface area contributed by atoms with Crippen LogP contribution in [0.1, 0.15) is 6.42 Å². The second-order valence-electron chi connectivity index (χ2n) is 2.66. The normalized spacial score (nSPS) is 19.5. The molecule has 0 fully saturated rings. The first kappa shape index (κ1) is 7.03. The van der Waals surface area contributed by atoms with Gasteiger partial charge in [-0.1, -0.05) is 6.08 Å². The summed E-state index contributed by atoms with van der Waals surface area (Å²) in [6.07, 6.45) is 7.47. The number of carboxylic acid groups (broad SMARTS) is 1. The fraction of sp³-hybridized carbons (Fsp3) is 0.111. The fourth-order valence-electron chi connectivity index (χ4n) is 1.26. The van der Waals surface area contributed by atoms with E-state index in [9.17, 15) is 4.79 Å². The molecule has 3 heteroatoms. The minimum Gasteiger partial charge on any atom is -0.478 e. The first-order valence-electron chi connectivity index (χ1n) is 3.66. The molecule has 60 valence electrons. The van der Waals surface area contributed by atoms with Gasteiger partial charge in [-0.05, 0) is 17.7 Å². The average Bonchev–Trinajstić information content (AvgIpc) is 2.49. The zero-order valence-electron chi connectivity index (χ0n) is 6.32. The maximum atomic E-state index is 10.6. The Bertz CT molecular complexity index is 359. The molecule has 0 saturated carbocycles. The molecule has 0 amide bonds. The summed E-state index contributed by atoms with van der Waals surface area (Å²) in [5, 5.41) is 8.68. The van der Waals surface area contributed by atoms with E-state index in [4.69, 9.17) is 5.11 Å². The van der Waals surface area contributed by atoms with Crippen LogP contribution in [0.25, 0.3) is 0 Å². The molecule has 0 saturated heterocycles. The van der Waals surface area contributed by atoms with Crippen LogP contribution in [-0.2, 0) is 4.79 Å². The number of carbonyl (C=O) groups is 1. The molecular formula is C9H7NO2. The van der Waals surface area contributed by atoms with Gasteiger partial charge in [0, 0.05) is 12.6 Å². The van der Waals surface area contributed by atoms with E-state index in [1.165, 1.54) is 0 Å². The Balaban J connectivity index is 2.36. The Hall–Kier alpha value is -1.64. The SMILES string of the molecule is O=C(O)C1=CCC2=NC=CC2=C1. The van der Waals surface area contributed by atoms with Crippen molar-refractivity contribution in [1.29, 1.82) is 0 Å². The number of aliphatic imine (C=N–C) groups is 1. The lowest BCUT2D eigenvalue weighted by Gasteiger charge is -2.06. The summed E-state index contributed by atoms with van der Waals surface area (Å²) in [6, 6.07) is 0. The van der Waals surface area contributed by atoms with Gasteiger partial charge in [0.1, 0.15) is 0 Å². The van der Waals surface area contributed by atoms with Crippen LogP contribution in [0.2, 0.25) is 0 Å². The standard InChI is InChI=1S/C9H7NO2/c11-9(12)7-1-2-8-6(5-7)3-4-10-8/h1,3-5H,2H2,(H,11,12). The summed E-state index contributed by atoms with van der Waals surface area (Å²) in [5.74, 6) is -0.873. The Morgan fingerprint density at radius 3 is 3.17 bits per heavy atom. The molecular weight excluding hydrogens is 154 g/mol. The molecule has 3 nitrogen and oxygen atoms in total. The van der Waals surface area contributed by atoms with Crippen molar-refractivity contribution in [2.45, 2.75) is 6.42 Å². The summed E-state index contributed by atoms with van der Waals surface area (Å²) >= 11 is 0. The highest BCUT2D eigenvalue weighted by Crippen LogP contribution is 2.20. The van der Waals surface area contributed by atoms with E-state index in [0.29, 0.717) is 12.0 Å². The lowest BCUT2D eigenvalue weighted by Crippen LogP contribution is -2.07. The second kappa shape index (κ2) is 2.44. The van der Waals surface area contributed by atoms with E-state index in [-0.39, 0.29) is 0 Å². The molecule has 2 aliphatic rings. The minimum atomic E-state index is -0.873. The third kappa shape index (κ3) is 0.993.